The first-order valence-electron chi connectivity index (χ1n) is 15.0. The van der Waals surface area contributed by atoms with Crippen LogP contribution in [0.15, 0.2) is 48.9 Å². The van der Waals surface area contributed by atoms with Crippen LogP contribution < -0.4 is 5.73 Å². The van der Waals surface area contributed by atoms with Gasteiger partial charge in [0.05, 0.1) is 40.9 Å². The largest absolute Gasteiger partial charge is 0.381 e. The fourth-order valence-electron chi connectivity index (χ4n) is 6.91. The van der Waals surface area contributed by atoms with Crippen molar-refractivity contribution in [1.29, 1.82) is 0 Å². The van der Waals surface area contributed by atoms with Gasteiger partial charge in [-0.15, -0.1) is 0 Å². The van der Waals surface area contributed by atoms with Crippen molar-refractivity contribution in [2.24, 2.45) is 11.7 Å². The van der Waals surface area contributed by atoms with E-state index in [-0.39, 0.29) is 35.8 Å². The number of benzene rings is 1. The summed E-state index contributed by atoms with van der Waals surface area (Å²) >= 11 is 0. The predicted octanol–water partition coefficient (Wildman–Crippen LogP) is 4.61. The maximum Gasteiger partial charge on any atom is 0.152 e. The van der Waals surface area contributed by atoms with Gasteiger partial charge in [-0.2, -0.15) is 5.10 Å². The van der Waals surface area contributed by atoms with Gasteiger partial charge in [0.15, 0.2) is 9.84 Å². The second kappa shape index (κ2) is 12.6. The van der Waals surface area contributed by atoms with E-state index in [1.165, 1.54) is 18.4 Å². The van der Waals surface area contributed by atoms with Gasteiger partial charge in [0.25, 0.3) is 0 Å². The zero-order valence-corrected chi connectivity index (χ0v) is 25.6. The Kier molecular flexibility index (Phi) is 8.78. The lowest BCUT2D eigenvalue weighted by atomic mass is 9.75. The summed E-state index contributed by atoms with van der Waals surface area (Å²) in [5.41, 5.74) is 9.40. The van der Waals surface area contributed by atoms with E-state index in [1.54, 1.807) is 35.2 Å². The number of nitrogens with two attached hydrogens (primary N) is 1. The highest BCUT2D eigenvalue weighted by molar-refractivity contribution is 7.91. The quantitative estimate of drug-likeness (QED) is 0.301. The molecule has 0 spiro atoms. The van der Waals surface area contributed by atoms with E-state index < -0.39 is 32.8 Å². The molecule has 0 amide bonds. The number of ether oxygens (including phenoxy) is 2. The Bertz CT molecular complexity index is 1720. The SMILES string of the molecule is C[C@H]1C[C@@H](c2ccncc2Cc2ncc3ccc(-c4c(F)cc(COC5CCOCC5)cc4F)nn23)C[C@@H](N)[C@H]1S(C)(=O)=O. The van der Waals surface area contributed by atoms with Crippen LogP contribution in [0.2, 0.25) is 0 Å². The average Bonchev–Trinajstić information content (AvgIpc) is 3.37. The molecule has 4 atom stereocenters. The number of rotatable bonds is 8. The highest BCUT2D eigenvalue weighted by Gasteiger charge is 2.40. The first kappa shape index (κ1) is 30.7. The van der Waals surface area contributed by atoms with E-state index in [0.717, 1.165) is 24.0 Å². The van der Waals surface area contributed by atoms with Crippen LogP contribution >= 0.6 is 0 Å². The van der Waals surface area contributed by atoms with Crippen molar-refractivity contribution in [1.82, 2.24) is 19.6 Å². The Balaban J connectivity index is 1.25. The van der Waals surface area contributed by atoms with Crippen LogP contribution in [-0.2, 0) is 32.3 Å². The van der Waals surface area contributed by atoms with E-state index in [1.807, 2.05) is 13.0 Å². The predicted molar refractivity (Wildman–Crippen MR) is 162 cm³/mol. The summed E-state index contributed by atoms with van der Waals surface area (Å²) in [4.78, 5) is 8.90. The molecule has 12 heteroatoms. The van der Waals surface area contributed by atoms with Crippen molar-refractivity contribution in [3.63, 3.8) is 0 Å². The highest BCUT2D eigenvalue weighted by Crippen LogP contribution is 2.39. The summed E-state index contributed by atoms with van der Waals surface area (Å²) < 4.78 is 68.2. The number of nitrogens with zero attached hydrogens (tertiary/aromatic N) is 4. The summed E-state index contributed by atoms with van der Waals surface area (Å²) in [5, 5.41) is 4.03. The Morgan fingerprint density at radius 1 is 1.09 bits per heavy atom. The third-order valence-corrected chi connectivity index (χ3v) is 10.7. The summed E-state index contributed by atoms with van der Waals surface area (Å²) in [6, 6.07) is 7.39. The molecule has 4 aromatic rings. The lowest BCUT2D eigenvalue weighted by Gasteiger charge is -2.38. The number of pyridine rings is 1. The summed E-state index contributed by atoms with van der Waals surface area (Å²) in [7, 11) is -3.27. The number of sulfone groups is 1. The van der Waals surface area contributed by atoms with Crippen molar-refractivity contribution < 1.29 is 26.7 Å². The Hall–Kier alpha value is -3.32. The van der Waals surface area contributed by atoms with Crippen LogP contribution in [-0.4, -0.2) is 64.9 Å². The fraction of sp³-hybridized carbons (Fsp3) is 0.469. The van der Waals surface area contributed by atoms with E-state index in [0.29, 0.717) is 49.4 Å². The molecule has 0 unspecified atom stereocenters. The number of aromatic nitrogens is 4. The molecule has 1 saturated heterocycles. The van der Waals surface area contributed by atoms with Crippen molar-refractivity contribution >= 4 is 15.4 Å². The zero-order chi connectivity index (χ0) is 31.0. The molecule has 1 aliphatic carbocycles. The van der Waals surface area contributed by atoms with Gasteiger partial charge in [-0.1, -0.05) is 6.92 Å². The van der Waals surface area contributed by atoms with E-state index >= 15 is 8.78 Å². The highest BCUT2D eigenvalue weighted by atomic mass is 32.2. The third kappa shape index (κ3) is 6.39. The van der Waals surface area contributed by atoms with Gasteiger partial charge in [-0.25, -0.2) is 26.7 Å². The minimum atomic E-state index is -3.27. The smallest absolute Gasteiger partial charge is 0.152 e. The summed E-state index contributed by atoms with van der Waals surface area (Å²) in [6.07, 6.45) is 9.56. The number of imidazole rings is 1. The van der Waals surface area contributed by atoms with Crippen LogP contribution in [0.25, 0.3) is 16.8 Å². The van der Waals surface area contributed by atoms with Crippen LogP contribution in [0.5, 0.6) is 0 Å². The molecule has 1 aliphatic heterocycles. The third-order valence-electron chi connectivity index (χ3n) is 8.89. The summed E-state index contributed by atoms with van der Waals surface area (Å²) in [5.74, 6) is -0.883. The molecule has 2 aliphatic rings. The molecule has 234 valence electrons. The van der Waals surface area contributed by atoms with Crippen molar-refractivity contribution in [2.75, 3.05) is 19.5 Å². The van der Waals surface area contributed by atoms with E-state index in [2.05, 4.69) is 15.1 Å². The Labute approximate surface area is 255 Å². The average molecular weight is 626 g/mol. The topological polar surface area (TPSA) is 122 Å². The van der Waals surface area contributed by atoms with E-state index in [9.17, 15) is 8.42 Å². The maximum atomic E-state index is 15.3. The number of hydrogen-bond acceptors (Lipinski definition) is 8. The van der Waals surface area contributed by atoms with Crippen LogP contribution in [0.1, 0.15) is 61.0 Å². The monoisotopic (exact) mass is 625 g/mol. The van der Waals surface area contributed by atoms with Gasteiger partial charge in [0, 0.05) is 44.3 Å². The van der Waals surface area contributed by atoms with Crippen LogP contribution in [0.4, 0.5) is 8.78 Å². The molecular weight excluding hydrogens is 588 g/mol. The molecule has 0 bridgehead atoms. The first-order valence-corrected chi connectivity index (χ1v) is 16.9. The van der Waals surface area contributed by atoms with Crippen molar-refractivity contribution in [3.8, 4) is 11.3 Å². The number of halogens is 2. The number of fused-ring (bicyclic) bond motifs is 1. The lowest BCUT2D eigenvalue weighted by Crippen LogP contribution is -2.48. The van der Waals surface area contributed by atoms with Crippen LogP contribution in [0.3, 0.4) is 0 Å². The molecule has 44 heavy (non-hydrogen) atoms. The molecular formula is C32H37F2N5O4S. The second-order valence-corrected chi connectivity index (χ2v) is 14.3. The molecule has 2 fully saturated rings. The molecule has 9 nitrogen and oxygen atoms in total. The molecule has 2 N–H and O–H groups in total. The van der Waals surface area contributed by atoms with Crippen molar-refractivity contribution in [3.05, 3.63) is 83.1 Å². The molecule has 1 aromatic carbocycles. The minimum Gasteiger partial charge on any atom is -0.381 e. The molecule has 4 heterocycles. The van der Waals surface area contributed by atoms with Crippen molar-refractivity contribution in [2.45, 2.75) is 68.9 Å². The standard InChI is InChI=1S/C32H37F2N5O4S/c1-19-11-21(14-28(35)32(19)44(2,40)41)25-5-8-36-16-22(25)15-30-37-17-23-3-4-29(38-39(23)30)31-26(33)12-20(13-27(31)34)18-43-24-6-9-42-10-7-24/h3-5,8,12-13,16-17,19,21,24,28,32H,6-7,9-11,14-15,18,35H2,1-2H3/t19-,21+,28+,32-/m0/s1. The fourth-order valence-corrected chi connectivity index (χ4v) is 8.61. The van der Waals surface area contributed by atoms with Gasteiger partial charge in [0.2, 0.25) is 0 Å². The Morgan fingerprint density at radius 3 is 2.55 bits per heavy atom. The molecule has 0 radical (unpaired) electrons. The van der Waals surface area contributed by atoms with Gasteiger partial charge in [-0.05, 0) is 84.5 Å². The van der Waals surface area contributed by atoms with Gasteiger partial charge in [-0.3, -0.25) is 4.98 Å². The lowest BCUT2D eigenvalue weighted by molar-refractivity contribution is -0.0391. The minimum absolute atomic E-state index is 0.0151. The van der Waals surface area contributed by atoms with Gasteiger partial charge < -0.3 is 15.2 Å². The van der Waals surface area contributed by atoms with Gasteiger partial charge >= 0.3 is 0 Å². The summed E-state index contributed by atoms with van der Waals surface area (Å²) in [6.45, 7) is 3.30. The Morgan fingerprint density at radius 2 is 1.84 bits per heavy atom. The molecule has 3 aromatic heterocycles. The second-order valence-electron chi connectivity index (χ2n) is 12.1. The first-order chi connectivity index (χ1) is 21.1. The zero-order valence-electron chi connectivity index (χ0n) is 24.8. The molecule has 6 rings (SSSR count). The van der Waals surface area contributed by atoms with E-state index in [4.69, 9.17) is 15.2 Å². The van der Waals surface area contributed by atoms with Gasteiger partial charge in [0.1, 0.15) is 17.5 Å². The maximum absolute atomic E-state index is 15.3. The van der Waals surface area contributed by atoms with Crippen LogP contribution in [0, 0.1) is 17.6 Å². The number of hydrogen-bond donors (Lipinski definition) is 1. The molecule has 1 saturated carbocycles. The normalized spacial score (nSPS) is 23.3.